The molecule has 3 nitrogen and oxygen atoms in total. The van der Waals surface area contributed by atoms with Gasteiger partial charge in [-0.25, -0.2) is 0 Å². The molecule has 1 heterocycles. The van der Waals surface area contributed by atoms with Crippen molar-refractivity contribution in [3.63, 3.8) is 0 Å². The van der Waals surface area contributed by atoms with Gasteiger partial charge in [0.05, 0.1) is 11.8 Å². The van der Waals surface area contributed by atoms with Crippen molar-refractivity contribution in [1.82, 2.24) is 0 Å². The summed E-state index contributed by atoms with van der Waals surface area (Å²) in [4.78, 5) is 0. The Labute approximate surface area is 117 Å². The quantitative estimate of drug-likeness (QED) is 0.870. The lowest BCUT2D eigenvalue weighted by Crippen LogP contribution is -1.99. The van der Waals surface area contributed by atoms with E-state index in [2.05, 4.69) is 0 Å². The molecule has 0 saturated carbocycles. The number of hydrogen-bond acceptors (Lipinski definition) is 3. The second-order valence-electron chi connectivity index (χ2n) is 4.62. The van der Waals surface area contributed by atoms with Gasteiger partial charge >= 0.3 is 0 Å². The zero-order valence-corrected chi connectivity index (χ0v) is 10.7. The van der Waals surface area contributed by atoms with Crippen molar-refractivity contribution in [1.29, 1.82) is 0 Å². The summed E-state index contributed by atoms with van der Waals surface area (Å²) in [6.07, 6.45) is 5.52. The third-order valence-corrected chi connectivity index (χ3v) is 3.24. The molecule has 2 aromatic rings. The van der Waals surface area contributed by atoms with E-state index in [0.29, 0.717) is 11.3 Å². The van der Waals surface area contributed by atoms with Crippen molar-refractivity contribution in [2.75, 3.05) is 0 Å². The van der Waals surface area contributed by atoms with Crippen molar-refractivity contribution < 1.29 is 14.9 Å². The molecular formula is C17H14O3. The molecule has 0 saturated heterocycles. The van der Waals surface area contributed by atoms with Gasteiger partial charge in [-0.15, -0.1) is 0 Å². The molecule has 0 aromatic heterocycles. The Hall–Kier alpha value is -2.68. The third-order valence-electron chi connectivity index (χ3n) is 3.24. The van der Waals surface area contributed by atoms with Crippen LogP contribution in [0, 0.1) is 0 Å². The lowest BCUT2D eigenvalue weighted by Gasteiger charge is -2.17. The summed E-state index contributed by atoms with van der Waals surface area (Å²) in [5, 5.41) is 19.2. The summed E-state index contributed by atoms with van der Waals surface area (Å²) in [5.41, 5.74) is 1.72. The van der Waals surface area contributed by atoms with Crippen LogP contribution in [0.1, 0.15) is 17.0 Å². The summed E-state index contributed by atoms with van der Waals surface area (Å²) in [5.74, 6) is 0.711. The SMILES string of the molecule is Oc1ccc(C2=CC(c3ccccc3)C=CO2)c(O)c1. The molecule has 1 unspecified atom stereocenters. The monoisotopic (exact) mass is 266 g/mol. The number of allylic oxidation sites excluding steroid dienone is 2. The van der Waals surface area contributed by atoms with Gasteiger partial charge in [-0.3, -0.25) is 0 Å². The highest BCUT2D eigenvalue weighted by molar-refractivity contribution is 5.68. The molecule has 0 radical (unpaired) electrons. The Morgan fingerprint density at radius 2 is 1.75 bits per heavy atom. The number of phenolic OH excluding ortho intramolecular Hbond substituents is 2. The molecular weight excluding hydrogens is 252 g/mol. The number of ether oxygens (including phenoxy) is 1. The topological polar surface area (TPSA) is 49.7 Å². The van der Waals surface area contributed by atoms with Crippen LogP contribution in [-0.4, -0.2) is 10.2 Å². The molecule has 0 aliphatic carbocycles. The zero-order chi connectivity index (χ0) is 13.9. The van der Waals surface area contributed by atoms with Crippen molar-refractivity contribution in [3.8, 4) is 11.5 Å². The van der Waals surface area contributed by atoms with E-state index in [1.807, 2.05) is 42.5 Å². The predicted octanol–water partition coefficient (Wildman–Crippen LogP) is 3.77. The Bertz CT molecular complexity index is 672. The van der Waals surface area contributed by atoms with Gasteiger partial charge in [0, 0.05) is 12.0 Å². The van der Waals surface area contributed by atoms with Crippen molar-refractivity contribution in [2.45, 2.75) is 5.92 Å². The highest BCUT2D eigenvalue weighted by Gasteiger charge is 2.16. The van der Waals surface area contributed by atoms with E-state index >= 15 is 0 Å². The first-order valence-corrected chi connectivity index (χ1v) is 6.36. The first kappa shape index (κ1) is 12.4. The number of aromatic hydroxyl groups is 2. The van der Waals surface area contributed by atoms with Gasteiger partial charge in [0.15, 0.2) is 0 Å². The lowest BCUT2D eigenvalue weighted by atomic mass is 9.96. The maximum atomic E-state index is 9.90. The molecule has 1 atom stereocenters. The summed E-state index contributed by atoms with van der Waals surface area (Å²) in [6.45, 7) is 0. The Morgan fingerprint density at radius 1 is 0.950 bits per heavy atom. The van der Waals surface area contributed by atoms with E-state index in [1.165, 1.54) is 12.1 Å². The fourth-order valence-corrected chi connectivity index (χ4v) is 2.22. The first-order chi connectivity index (χ1) is 9.74. The van der Waals surface area contributed by atoms with Gasteiger partial charge in [-0.1, -0.05) is 30.3 Å². The van der Waals surface area contributed by atoms with Gasteiger partial charge in [-0.05, 0) is 29.8 Å². The lowest BCUT2D eigenvalue weighted by molar-refractivity contribution is 0.412. The number of benzene rings is 2. The minimum atomic E-state index is -0.00152. The van der Waals surface area contributed by atoms with E-state index in [0.717, 1.165) is 5.56 Å². The summed E-state index contributed by atoms with van der Waals surface area (Å²) in [7, 11) is 0. The van der Waals surface area contributed by atoms with Gasteiger partial charge in [0.25, 0.3) is 0 Å². The van der Waals surface area contributed by atoms with Gasteiger partial charge < -0.3 is 14.9 Å². The number of rotatable bonds is 2. The molecule has 0 fully saturated rings. The maximum absolute atomic E-state index is 9.90. The van der Waals surface area contributed by atoms with Crippen LogP contribution in [0.3, 0.4) is 0 Å². The molecule has 2 aromatic carbocycles. The van der Waals surface area contributed by atoms with Crippen LogP contribution < -0.4 is 0 Å². The van der Waals surface area contributed by atoms with Gasteiger partial charge in [0.2, 0.25) is 0 Å². The van der Waals surface area contributed by atoms with E-state index in [9.17, 15) is 10.2 Å². The molecule has 2 N–H and O–H groups in total. The third kappa shape index (κ3) is 2.38. The normalized spacial score (nSPS) is 17.4. The number of hydrogen-bond donors (Lipinski definition) is 2. The van der Waals surface area contributed by atoms with E-state index in [4.69, 9.17) is 4.74 Å². The van der Waals surface area contributed by atoms with Crippen molar-refractivity contribution >= 4 is 5.76 Å². The number of phenols is 2. The molecule has 0 spiro atoms. The van der Waals surface area contributed by atoms with E-state index in [1.54, 1.807) is 12.3 Å². The molecule has 3 heteroatoms. The standard InChI is InChI=1S/C17H14O3/c18-14-6-7-15(16(19)11-14)17-10-13(8-9-20-17)12-4-2-1-3-5-12/h1-11,13,18-19H. The average molecular weight is 266 g/mol. The summed E-state index contributed by atoms with van der Waals surface area (Å²) >= 11 is 0. The maximum Gasteiger partial charge on any atom is 0.134 e. The smallest absolute Gasteiger partial charge is 0.134 e. The molecule has 1 aliphatic heterocycles. The van der Waals surface area contributed by atoms with Crippen LogP contribution in [-0.2, 0) is 4.74 Å². The highest BCUT2D eigenvalue weighted by Crippen LogP contribution is 2.34. The molecule has 100 valence electrons. The first-order valence-electron chi connectivity index (χ1n) is 6.36. The van der Waals surface area contributed by atoms with Gasteiger partial charge in [0.1, 0.15) is 17.3 Å². The Balaban J connectivity index is 1.96. The largest absolute Gasteiger partial charge is 0.508 e. The van der Waals surface area contributed by atoms with Crippen LogP contribution in [0.5, 0.6) is 11.5 Å². The van der Waals surface area contributed by atoms with Crippen molar-refractivity contribution in [3.05, 3.63) is 78.1 Å². The fraction of sp³-hybridized carbons (Fsp3) is 0.0588. The van der Waals surface area contributed by atoms with Gasteiger partial charge in [-0.2, -0.15) is 0 Å². The van der Waals surface area contributed by atoms with Crippen LogP contribution in [0.2, 0.25) is 0 Å². The minimum absolute atomic E-state index is 0.00152. The predicted molar refractivity (Wildman–Crippen MR) is 77.2 cm³/mol. The second-order valence-corrected chi connectivity index (χ2v) is 4.62. The zero-order valence-electron chi connectivity index (χ0n) is 10.7. The van der Waals surface area contributed by atoms with E-state index < -0.39 is 0 Å². The molecule has 20 heavy (non-hydrogen) atoms. The Kier molecular flexibility index (Phi) is 3.17. The van der Waals surface area contributed by atoms with Crippen LogP contribution in [0.4, 0.5) is 0 Å². The highest BCUT2D eigenvalue weighted by atomic mass is 16.5. The summed E-state index contributed by atoms with van der Waals surface area (Å²) in [6, 6.07) is 14.5. The van der Waals surface area contributed by atoms with Crippen LogP contribution >= 0.6 is 0 Å². The van der Waals surface area contributed by atoms with Crippen LogP contribution in [0.15, 0.2) is 66.9 Å². The summed E-state index contributed by atoms with van der Waals surface area (Å²) < 4.78 is 5.48. The fourth-order valence-electron chi connectivity index (χ4n) is 2.22. The average Bonchev–Trinajstić information content (AvgIpc) is 2.48. The van der Waals surface area contributed by atoms with E-state index in [-0.39, 0.29) is 17.4 Å². The minimum Gasteiger partial charge on any atom is -0.508 e. The van der Waals surface area contributed by atoms with Crippen molar-refractivity contribution in [2.24, 2.45) is 0 Å². The Morgan fingerprint density at radius 3 is 2.50 bits per heavy atom. The second kappa shape index (κ2) is 5.13. The molecule has 0 bridgehead atoms. The molecule has 3 rings (SSSR count). The van der Waals surface area contributed by atoms with Crippen LogP contribution in [0.25, 0.3) is 5.76 Å². The molecule has 1 aliphatic rings. The molecule has 0 amide bonds.